The molecule has 0 aliphatic carbocycles. The number of amides is 1. The summed E-state index contributed by atoms with van der Waals surface area (Å²) < 4.78 is 11.5. The third-order valence-corrected chi connectivity index (χ3v) is 5.61. The second-order valence-corrected chi connectivity index (χ2v) is 7.84. The number of hydrogen-bond acceptors (Lipinski definition) is 8. The lowest BCUT2D eigenvalue weighted by Crippen LogP contribution is -2.56. The molecule has 4 aromatic rings. The van der Waals surface area contributed by atoms with E-state index in [1.807, 2.05) is 46.7 Å². The zero-order valence-electron chi connectivity index (χ0n) is 15.8. The molecule has 0 unspecified atom stereocenters. The van der Waals surface area contributed by atoms with E-state index in [-0.39, 0.29) is 12.0 Å². The van der Waals surface area contributed by atoms with Gasteiger partial charge in [0.15, 0.2) is 0 Å². The summed E-state index contributed by atoms with van der Waals surface area (Å²) in [5.74, 6) is 1.47. The predicted molar refractivity (Wildman–Crippen MR) is 110 cm³/mol. The molecule has 0 N–H and O–H groups in total. The van der Waals surface area contributed by atoms with Crippen molar-refractivity contribution in [1.29, 1.82) is 0 Å². The second kappa shape index (κ2) is 8.03. The highest BCUT2D eigenvalue weighted by Crippen LogP contribution is 2.31. The van der Waals surface area contributed by atoms with Gasteiger partial charge in [0.25, 0.3) is 5.89 Å². The first kappa shape index (κ1) is 18.4. The van der Waals surface area contributed by atoms with Crippen molar-refractivity contribution in [1.82, 2.24) is 25.0 Å². The van der Waals surface area contributed by atoms with Gasteiger partial charge in [-0.3, -0.25) is 9.78 Å². The number of carbonyl (C=O) groups excluding carboxylic acids is 1. The molecule has 1 aliphatic heterocycles. The highest BCUT2D eigenvalue weighted by molar-refractivity contribution is 7.10. The third-order valence-electron chi connectivity index (χ3n) is 4.74. The first-order chi connectivity index (χ1) is 14.8. The summed E-state index contributed by atoms with van der Waals surface area (Å²) in [4.78, 5) is 27.9. The summed E-state index contributed by atoms with van der Waals surface area (Å²) in [6.45, 7) is 1.13. The van der Waals surface area contributed by atoms with Crippen LogP contribution < -0.4 is 4.74 Å². The molecule has 0 spiro atoms. The second-order valence-electron chi connectivity index (χ2n) is 6.80. The quantitative estimate of drug-likeness (QED) is 0.474. The number of carbonyl (C=O) groups is 1. The molecule has 0 atom stereocenters. The van der Waals surface area contributed by atoms with Crippen LogP contribution in [-0.4, -0.2) is 50.1 Å². The van der Waals surface area contributed by atoms with E-state index in [0.29, 0.717) is 48.2 Å². The van der Waals surface area contributed by atoms with Gasteiger partial charge in [-0.15, -0.1) is 11.3 Å². The van der Waals surface area contributed by atoms with Gasteiger partial charge in [0.05, 0.1) is 31.3 Å². The molecule has 1 aliphatic rings. The van der Waals surface area contributed by atoms with E-state index in [1.165, 1.54) is 0 Å². The zero-order chi connectivity index (χ0) is 20.3. The number of benzene rings is 1. The Bertz CT molecular complexity index is 1140. The summed E-state index contributed by atoms with van der Waals surface area (Å²) in [5.41, 5.74) is 1.23. The van der Waals surface area contributed by atoms with Crippen molar-refractivity contribution < 1.29 is 14.1 Å². The number of nitrogens with zero attached hydrogens (tertiary/aromatic N) is 5. The standard InChI is InChI=1S/C21H17N5O3S/c27-19(10-15-4-3-9-30-15)26-12-14(13-26)28-18-6-2-1-5-16(18)21-24-20(25-29-21)17-11-22-7-8-23-17/h1-9,11,14H,10,12-13H2. The number of rotatable bonds is 6. The first-order valence-corrected chi connectivity index (χ1v) is 10.3. The smallest absolute Gasteiger partial charge is 0.262 e. The van der Waals surface area contributed by atoms with Crippen molar-refractivity contribution in [3.63, 3.8) is 0 Å². The van der Waals surface area contributed by atoms with Crippen molar-refractivity contribution in [2.75, 3.05) is 13.1 Å². The van der Waals surface area contributed by atoms with E-state index in [9.17, 15) is 4.79 Å². The van der Waals surface area contributed by atoms with E-state index in [1.54, 1.807) is 29.9 Å². The number of thiophene rings is 1. The molecule has 30 heavy (non-hydrogen) atoms. The van der Waals surface area contributed by atoms with Crippen molar-refractivity contribution in [3.05, 3.63) is 65.2 Å². The first-order valence-electron chi connectivity index (χ1n) is 9.42. The van der Waals surface area contributed by atoms with E-state index in [0.717, 1.165) is 4.88 Å². The normalized spacial score (nSPS) is 13.8. The number of likely N-dealkylation sites (tertiary alicyclic amines) is 1. The largest absolute Gasteiger partial charge is 0.486 e. The van der Waals surface area contributed by atoms with Crippen LogP contribution in [0.3, 0.4) is 0 Å². The summed E-state index contributed by atoms with van der Waals surface area (Å²) in [6.07, 6.45) is 5.10. The Kier molecular flexibility index (Phi) is 4.94. The van der Waals surface area contributed by atoms with Crippen LogP contribution in [0.15, 0.2) is 64.9 Å². The highest BCUT2D eigenvalue weighted by Gasteiger charge is 2.33. The molecule has 9 heteroatoms. The fourth-order valence-electron chi connectivity index (χ4n) is 3.17. The van der Waals surface area contributed by atoms with E-state index in [2.05, 4.69) is 20.1 Å². The fraction of sp³-hybridized carbons (Fsp3) is 0.190. The van der Waals surface area contributed by atoms with Crippen LogP contribution in [-0.2, 0) is 11.2 Å². The van der Waals surface area contributed by atoms with Crippen LogP contribution in [0.5, 0.6) is 5.75 Å². The van der Waals surface area contributed by atoms with Crippen LogP contribution in [0, 0.1) is 0 Å². The molecule has 0 saturated carbocycles. The molecule has 4 heterocycles. The Morgan fingerprint density at radius 3 is 2.90 bits per heavy atom. The van der Waals surface area contributed by atoms with E-state index >= 15 is 0 Å². The number of para-hydroxylation sites is 1. The Labute approximate surface area is 176 Å². The topological polar surface area (TPSA) is 94.2 Å². The molecule has 5 rings (SSSR count). The molecular formula is C21H17N5O3S. The highest BCUT2D eigenvalue weighted by atomic mass is 32.1. The van der Waals surface area contributed by atoms with Crippen molar-refractivity contribution >= 4 is 17.2 Å². The van der Waals surface area contributed by atoms with Crippen LogP contribution in [0.4, 0.5) is 0 Å². The molecule has 0 radical (unpaired) electrons. The van der Waals surface area contributed by atoms with Gasteiger partial charge < -0.3 is 14.2 Å². The fourth-order valence-corrected chi connectivity index (χ4v) is 3.86. The molecule has 1 fully saturated rings. The summed E-state index contributed by atoms with van der Waals surface area (Å²) >= 11 is 1.60. The summed E-state index contributed by atoms with van der Waals surface area (Å²) in [5, 5.41) is 5.97. The Morgan fingerprint density at radius 2 is 2.10 bits per heavy atom. The minimum atomic E-state index is -0.0687. The van der Waals surface area contributed by atoms with E-state index < -0.39 is 0 Å². The summed E-state index contributed by atoms with van der Waals surface area (Å²) in [7, 11) is 0. The maximum Gasteiger partial charge on any atom is 0.262 e. The lowest BCUT2D eigenvalue weighted by atomic mass is 10.1. The van der Waals surface area contributed by atoms with Gasteiger partial charge in [0.1, 0.15) is 17.5 Å². The molecule has 1 saturated heterocycles. The number of aromatic nitrogens is 4. The Morgan fingerprint density at radius 1 is 1.20 bits per heavy atom. The van der Waals surface area contributed by atoms with Crippen LogP contribution in [0.1, 0.15) is 4.88 Å². The van der Waals surface area contributed by atoms with Gasteiger partial charge in [-0.25, -0.2) is 4.98 Å². The predicted octanol–water partition coefficient (Wildman–Crippen LogP) is 3.09. The molecule has 1 aromatic carbocycles. The lowest BCUT2D eigenvalue weighted by Gasteiger charge is -2.39. The Hall–Kier alpha value is -3.59. The lowest BCUT2D eigenvalue weighted by molar-refractivity contribution is -0.139. The molecule has 1 amide bonds. The Balaban J connectivity index is 1.25. The van der Waals surface area contributed by atoms with Gasteiger partial charge in [0.2, 0.25) is 11.7 Å². The van der Waals surface area contributed by atoms with Gasteiger partial charge >= 0.3 is 0 Å². The summed E-state index contributed by atoms with van der Waals surface area (Å²) in [6, 6.07) is 11.4. The van der Waals surface area contributed by atoms with Crippen LogP contribution >= 0.6 is 11.3 Å². The number of hydrogen-bond donors (Lipinski definition) is 0. The molecule has 3 aromatic heterocycles. The van der Waals surface area contributed by atoms with Gasteiger partial charge in [0, 0.05) is 17.3 Å². The van der Waals surface area contributed by atoms with Crippen molar-refractivity contribution in [2.24, 2.45) is 0 Å². The average molecular weight is 419 g/mol. The average Bonchev–Trinajstić information content (AvgIpc) is 3.43. The van der Waals surface area contributed by atoms with E-state index in [4.69, 9.17) is 9.26 Å². The van der Waals surface area contributed by atoms with Crippen LogP contribution in [0.2, 0.25) is 0 Å². The van der Waals surface area contributed by atoms with Crippen molar-refractivity contribution in [3.8, 4) is 28.7 Å². The molecule has 8 nitrogen and oxygen atoms in total. The molecular weight excluding hydrogens is 402 g/mol. The maximum atomic E-state index is 12.3. The third kappa shape index (κ3) is 3.79. The molecule has 0 bridgehead atoms. The van der Waals surface area contributed by atoms with Gasteiger partial charge in [-0.1, -0.05) is 23.4 Å². The maximum absolute atomic E-state index is 12.3. The van der Waals surface area contributed by atoms with Crippen molar-refractivity contribution in [2.45, 2.75) is 12.5 Å². The van der Waals surface area contributed by atoms with Crippen LogP contribution in [0.25, 0.3) is 23.0 Å². The minimum absolute atomic E-state index is 0.0687. The minimum Gasteiger partial charge on any atom is -0.486 e. The van der Waals surface area contributed by atoms with Gasteiger partial charge in [-0.05, 0) is 23.6 Å². The number of ether oxygens (including phenoxy) is 1. The zero-order valence-corrected chi connectivity index (χ0v) is 16.7. The van der Waals surface area contributed by atoms with Gasteiger partial charge in [-0.2, -0.15) is 4.98 Å². The molecule has 150 valence electrons. The monoisotopic (exact) mass is 419 g/mol. The SMILES string of the molecule is O=C(Cc1cccs1)N1CC(Oc2ccccc2-c2nc(-c3cnccn3)no2)C1.